The molecule has 0 saturated carbocycles. The highest BCUT2D eigenvalue weighted by Gasteiger charge is 2.33. The molecular formula is C15H21N3O. The molecule has 0 aromatic heterocycles. The van der Waals surface area contributed by atoms with Crippen LogP contribution in [-0.2, 0) is 11.2 Å². The zero-order chi connectivity index (χ0) is 13.1. The van der Waals surface area contributed by atoms with Crippen LogP contribution in [0.2, 0.25) is 0 Å². The average Bonchev–Trinajstić information content (AvgIpc) is 3.06. The molecule has 1 unspecified atom stereocenters. The third-order valence-electron chi connectivity index (χ3n) is 3.79. The van der Waals surface area contributed by atoms with Crippen molar-refractivity contribution in [3.8, 4) is 0 Å². The molecule has 4 heteroatoms. The second kappa shape index (κ2) is 5.61. The van der Waals surface area contributed by atoms with Gasteiger partial charge in [-0.25, -0.2) is 0 Å². The lowest BCUT2D eigenvalue weighted by atomic mass is 10.1. The van der Waals surface area contributed by atoms with Gasteiger partial charge in [0, 0.05) is 31.8 Å². The van der Waals surface area contributed by atoms with Gasteiger partial charge < -0.3 is 15.0 Å². The third-order valence-corrected chi connectivity index (χ3v) is 3.79. The fraction of sp³-hybridized carbons (Fsp3) is 0.533. The quantitative estimate of drug-likeness (QED) is 0.813. The van der Waals surface area contributed by atoms with Gasteiger partial charge in [0.05, 0.1) is 19.2 Å². The van der Waals surface area contributed by atoms with Gasteiger partial charge in [-0.05, 0) is 18.6 Å². The monoisotopic (exact) mass is 259 g/mol. The first-order chi connectivity index (χ1) is 9.40. The molecule has 4 nitrogen and oxygen atoms in total. The van der Waals surface area contributed by atoms with E-state index in [1.165, 1.54) is 11.3 Å². The van der Waals surface area contributed by atoms with Crippen LogP contribution in [0.3, 0.4) is 0 Å². The minimum absolute atomic E-state index is 0.361. The smallest absolute Gasteiger partial charge is 0.120 e. The number of nitrogens with zero attached hydrogens (tertiary/aromatic N) is 2. The lowest BCUT2D eigenvalue weighted by Crippen LogP contribution is -2.45. The lowest BCUT2D eigenvalue weighted by Gasteiger charge is -2.27. The van der Waals surface area contributed by atoms with Crippen molar-refractivity contribution in [3.63, 3.8) is 0 Å². The number of rotatable bonds is 5. The fourth-order valence-corrected chi connectivity index (χ4v) is 2.92. The van der Waals surface area contributed by atoms with Gasteiger partial charge in [-0.3, -0.25) is 4.99 Å². The predicted molar refractivity (Wildman–Crippen MR) is 78.1 cm³/mol. The molecule has 1 N–H and O–H groups in total. The van der Waals surface area contributed by atoms with Crippen molar-refractivity contribution < 1.29 is 4.74 Å². The molecule has 0 spiro atoms. The molecule has 1 aromatic rings. The fourth-order valence-electron chi connectivity index (χ4n) is 2.92. The van der Waals surface area contributed by atoms with Crippen LogP contribution in [0.15, 0.2) is 29.3 Å². The van der Waals surface area contributed by atoms with E-state index in [1.54, 1.807) is 0 Å². The van der Waals surface area contributed by atoms with Crippen LogP contribution in [0.5, 0.6) is 0 Å². The first kappa shape index (κ1) is 12.5. The van der Waals surface area contributed by atoms with E-state index in [0.717, 1.165) is 45.1 Å². The summed E-state index contributed by atoms with van der Waals surface area (Å²) in [6.45, 7) is 6.39. The Hall–Kier alpha value is -1.55. The Bertz CT molecular complexity index is 472. The van der Waals surface area contributed by atoms with E-state index < -0.39 is 0 Å². The van der Waals surface area contributed by atoms with Crippen molar-refractivity contribution in [2.24, 2.45) is 4.99 Å². The summed E-state index contributed by atoms with van der Waals surface area (Å²) in [5.74, 6) is 1.15. The molecule has 0 radical (unpaired) electrons. The standard InChI is InChI=1S/C15H21N3O/c1-2-19-10-9-18-13-6-4-3-5-12(13)11-14(18)15-16-7-8-17-15/h3-6,14H,2,7-11H2,1H3,(H,16,17). The zero-order valence-electron chi connectivity index (χ0n) is 11.4. The molecule has 3 rings (SSSR count). The van der Waals surface area contributed by atoms with E-state index in [4.69, 9.17) is 4.74 Å². The van der Waals surface area contributed by atoms with Crippen molar-refractivity contribution in [2.45, 2.75) is 19.4 Å². The van der Waals surface area contributed by atoms with E-state index in [1.807, 2.05) is 6.92 Å². The summed E-state index contributed by atoms with van der Waals surface area (Å²) >= 11 is 0. The molecule has 1 atom stereocenters. The molecule has 1 aromatic carbocycles. The molecule has 0 amide bonds. The normalized spacial score (nSPS) is 21.2. The number of hydrogen-bond donors (Lipinski definition) is 1. The topological polar surface area (TPSA) is 36.9 Å². The van der Waals surface area contributed by atoms with Crippen LogP contribution in [0.25, 0.3) is 0 Å². The Labute approximate surface area is 114 Å². The average molecular weight is 259 g/mol. The van der Waals surface area contributed by atoms with Crippen LogP contribution < -0.4 is 10.2 Å². The Balaban J connectivity index is 1.80. The molecule has 0 fully saturated rings. The van der Waals surface area contributed by atoms with Gasteiger partial charge in [0.1, 0.15) is 5.84 Å². The predicted octanol–water partition coefficient (Wildman–Crippen LogP) is 1.46. The number of hydrogen-bond acceptors (Lipinski definition) is 4. The van der Waals surface area contributed by atoms with E-state index in [0.29, 0.717) is 6.04 Å². The summed E-state index contributed by atoms with van der Waals surface area (Å²) in [5, 5.41) is 3.42. The number of anilines is 1. The van der Waals surface area contributed by atoms with Gasteiger partial charge >= 0.3 is 0 Å². The Morgan fingerprint density at radius 2 is 2.32 bits per heavy atom. The summed E-state index contributed by atoms with van der Waals surface area (Å²) < 4.78 is 5.52. The molecule has 0 saturated heterocycles. The Morgan fingerprint density at radius 3 is 3.11 bits per heavy atom. The minimum atomic E-state index is 0.361. The maximum Gasteiger partial charge on any atom is 0.120 e. The highest BCUT2D eigenvalue weighted by molar-refractivity contribution is 5.93. The van der Waals surface area contributed by atoms with Crippen LogP contribution in [-0.4, -0.2) is 44.7 Å². The molecule has 0 bridgehead atoms. The highest BCUT2D eigenvalue weighted by Crippen LogP contribution is 2.32. The largest absolute Gasteiger partial charge is 0.380 e. The summed E-state index contributed by atoms with van der Waals surface area (Å²) in [6.07, 6.45) is 1.05. The molecule has 0 aliphatic carbocycles. The van der Waals surface area contributed by atoms with Gasteiger partial charge in [-0.1, -0.05) is 18.2 Å². The lowest BCUT2D eigenvalue weighted by molar-refractivity contribution is 0.153. The van der Waals surface area contributed by atoms with Crippen LogP contribution in [0, 0.1) is 0 Å². The summed E-state index contributed by atoms with van der Waals surface area (Å²) in [7, 11) is 0. The first-order valence-corrected chi connectivity index (χ1v) is 7.10. The summed E-state index contributed by atoms with van der Waals surface area (Å²) in [5.41, 5.74) is 2.75. The van der Waals surface area contributed by atoms with E-state index in [2.05, 4.69) is 39.5 Å². The van der Waals surface area contributed by atoms with Crippen molar-refractivity contribution in [3.05, 3.63) is 29.8 Å². The van der Waals surface area contributed by atoms with Crippen molar-refractivity contribution >= 4 is 11.5 Å². The van der Waals surface area contributed by atoms with Crippen molar-refractivity contribution in [1.82, 2.24) is 5.32 Å². The maximum absolute atomic E-state index is 5.52. The highest BCUT2D eigenvalue weighted by atomic mass is 16.5. The number of ether oxygens (including phenoxy) is 1. The second-order valence-corrected chi connectivity index (χ2v) is 4.93. The summed E-state index contributed by atoms with van der Waals surface area (Å²) in [4.78, 5) is 7.03. The SMILES string of the molecule is CCOCCN1c2ccccc2CC1C1=NCCN1. The number of fused-ring (bicyclic) bond motifs is 1. The van der Waals surface area contributed by atoms with Crippen LogP contribution in [0.1, 0.15) is 12.5 Å². The van der Waals surface area contributed by atoms with E-state index in [-0.39, 0.29) is 0 Å². The van der Waals surface area contributed by atoms with Crippen LogP contribution in [0.4, 0.5) is 5.69 Å². The van der Waals surface area contributed by atoms with Gasteiger partial charge in [0.15, 0.2) is 0 Å². The zero-order valence-corrected chi connectivity index (χ0v) is 11.4. The van der Waals surface area contributed by atoms with E-state index in [9.17, 15) is 0 Å². The van der Waals surface area contributed by atoms with Gasteiger partial charge in [0.25, 0.3) is 0 Å². The maximum atomic E-state index is 5.52. The van der Waals surface area contributed by atoms with Crippen LogP contribution >= 0.6 is 0 Å². The van der Waals surface area contributed by atoms with E-state index >= 15 is 0 Å². The van der Waals surface area contributed by atoms with Crippen molar-refractivity contribution in [2.75, 3.05) is 37.7 Å². The number of para-hydroxylation sites is 1. The second-order valence-electron chi connectivity index (χ2n) is 4.93. The molecule has 102 valence electrons. The van der Waals surface area contributed by atoms with Crippen molar-refractivity contribution in [1.29, 1.82) is 0 Å². The first-order valence-electron chi connectivity index (χ1n) is 7.10. The Kier molecular flexibility index (Phi) is 3.69. The molecule has 19 heavy (non-hydrogen) atoms. The summed E-state index contributed by atoms with van der Waals surface area (Å²) in [6, 6.07) is 9.01. The van der Waals surface area contributed by atoms with Gasteiger partial charge in [-0.15, -0.1) is 0 Å². The Morgan fingerprint density at radius 1 is 1.42 bits per heavy atom. The number of amidine groups is 1. The van der Waals surface area contributed by atoms with Gasteiger partial charge in [0.2, 0.25) is 0 Å². The molecular weight excluding hydrogens is 238 g/mol. The van der Waals surface area contributed by atoms with Gasteiger partial charge in [-0.2, -0.15) is 0 Å². The molecule has 2 aliphatic heterocycles. The molecule has 2 heterocycles. The molecule has 2 aliphatic rings. The number of benzene rings is 1. The number of nitrogens with one attached hydrogen (secondary N) is 1. The minimum Gasteiger partial charge on any atom is -0.380 e. The number of aliphatic imine (C=N–C) groups is 1. The third kappa shape index (κ3) is 2.45.